The highest BCUT2D eigenvalue weighted by molar-refractivity contribution is 7.80. The molecule has 2 rings (SSSR count). The first-order chi connectivity index (χ1) is 8.66. The summed E-state index contributed by atoms with van der Waals surface area (Å²) in [6.07, 6.45) is 1.10. The topological polar surface area (TPSA) is 76.4 Å². The van der Waals surface area contributed by atoms with Crippen LogP contribution >= 0.6 is 12.2 Å². The van der Waals surface area contributed by atoms with Gasteiger partial charge in [-0.1, -0.05) is 42.5 Å². The maximum atomic E-state index is 11.6. The molecule has 1 aliphatic rings. The summed E-state index contributed by atoms with van der Waals surface area (Å²) < 4.78 is 5.12. The summed E-state index contributed by atoms with van der Waals surface area (Å²) in [6.45, 7) is 0.242. The minimum atomic E-state index is -0.502. The van der Waals surface area contributed by atoms with Crippen molar-refractivity contribution in [2.45, 2.75) is 25.0 Å². The van der Waals surface area contributed by atoms with Crippen LogP contribution in [0.3, 0.4) is 0 Å². The Balaban J connectivity index is 1.81. The van der Waals surface area contributed by atoms with Gasteiger partial charge < -0.3 is 15.5 Å². The number of hydrazine groups is 1. The van der Waals surface area contributed by atoms with Crippen LogP contribution in [0.4, 0.5) is 4.79 Å². The number of hydrogen-bond donors (Lipinski definition) is 3. The van der Waals surface area contributed by atoms with Gasteiger partial charge in [0.25, 0.3) is 0 Å². The molecule has 6 heteroatoms. The number of carbonyl (C=O) groups is 1. The maximum absolute atomic E-state index is 11.6. The van der Waals surface area contributed by atoms with E-state index >= 15 is 0 Å². The van der Waals surface area contributed by atoms with Crippen LogP contribution in [0.1, 0.15) is 18.4 Å². The Labute approximate surface area is 111 Å². The van der Waals surface area contributed by atoms with Gasteiger partial charge in [0, 0.05) is 0 Å². The van der Waals surface area contributed by atoms with Gasteiger partial charge in [-0.25, -0.2) is 10.6 Å². The smallest absolute Gasteiger partial charge is 0.408 e. The molecule has 0 heterocycles. The van der Waals surface area contributed by atoms with Crippen molar-refractivity contribution >= 4 is 23.3 Å². The first-order valence-electron chi connectivity index (χ1n) is 5.66. The average molecular weight is 265 g/mol. The molecule has 0 spiro atoms. The zero-order valence-corrected chi connectivity index (χ0v) is 10.6. The number of carbonyl (C=O) groups excluding carboxylic acids is 1. The van der Waals surface area contributed by atoms with Gasteiger partial charge in [0.2, 0.25) is 0 Å². The number of alkyl carbamates (subject to hydrolysis) is 1. The summed E-state index contributed by atoms with van der Waals surface area (Å²) in [5.41, 5.74) is 2.85. The SMILES string of the molecule is NNC(=S)C1(NC(=O)OCc2ccccc2)CC1. The summed E-state index contributed by atoms with van der Waals surface area (Å²) in [6, 6.07) is 9.49. The molecule has 0 radical (unpaired) electrons. The van der Waals surface area contributed by atoms with E-state index in [1.807, 2.05) is 30.3 Å². The number of amides is 1. The molecule has 1 saturated carbocycles. The van der Waals surface area contributed by atoms with E-state index in [9.17, 15) is 4.79 Å². The van der Waals surface area contributed by atoms with Crippen molar-refractivity contribution in [3.05, 3.63) is 35.9 Å². The van der Waals surface area contributed by atoms with Crippen LogP contribution in [-0.4, -0.2) is 16.6 Å². The molecule has 1 aromatic rings. The van der Waals surface area contributed by atoms with Crippen LogP contribution in [0.25, 0.3) is 0 Å². The molecular weight excluding hydrogens is 250 g/mol. The number of hydrogen-bond acceptors (Lipinski definition) is 4. The Morgan fingerprint density at radius 2 is 2.06 bits per heavy atom. The number of thiocarbonyl (C=S) groups is 1. The van der Waals surface area contributed by atoms with E-state index in [0.29, 0.717) is 4.99 Å². The Morgan fingerprint density at radius 3 is 2.61 bits per heavy atom. The fourth-order valence-corrected chi connectivity index (χ4v) is 1.88. The van der Waals surface area contributed by atoms with E-state index < -0.39 is 11.6 Å². The Morgan fingerprint density at radius 1 is 1.39 bits per heavy atom. The van der Waals surface area contributed by atoms with Crippen LogP contribution in [-0.2, 0) is 11.3 Å². The van der Waals surface area contributed by atoms with Crippen LogP contribution < -0.4 is 16.6 Å². The summed E-state index contributed by atoms with van der Waals surface area (Å²) in [7, 11) is 0. The average Bonchev–Trinajstić information content (AvgIpc) is 3.17. The summed E-state index contributed by atoms with van der Waals surface area (Å²) >= 11 is 5.04. The molecule has 96 valence electrons. The summed E-state index contributed by atoms with van der Waals surface area (Å²) in [5, 5.41) is 2.74. The van der Waals surface area contributed by atoms with E-state index in [-0.39, 0.29) is 6.61 Å². The third kappa shape index (κ3) is 2.96. The predicted molar refractivity (Wildman–Crippen MR) is 71.6 cm³/mol. The third-order valence-electron chi connectivity index (χ3n) is 2.87. The molecule has 1 aromatic carbocycles. The molecule has 4 N–H and O–H groups in total. The van der Waals surface area contributed by atoms with Gasteiger partial charge in [-0.3, -0.25) is 0 Å². The van der Waals surface area contributed by atoms with Gasteiger partial charge in [-0.2, -0.15) is 0 Å². The highest BCUT2D eigenvalue weighted by Gasteiger charge is 2.48. The Kier molecular flexibility index (Phi) is 3.78. The fourth-order valence-electron chi connectivity index (χ4n) is 1.63. The van der Waals surface area contributed by atoms with Crippen molar-refractivity contribution in [3.63, 3.8) is 0 Å². The number of rotatable bonds is 4. The second kappa shape index (κ2) is 5.32. The number of nitrogens with two attached hydrogens (primary N) is 1. The second-order valence-electron chi connectivity index (χ2n) is 4.24. The zero-order valence-electron chi connectivity index (χ0n) is 9.81. The highest BCUT2D eigenvalue weighted by Crippen LogP contribution is 2.36. The van der Waals surface area contributed by atoms with E-state index in [4.69, 9.17) is 22.8 Å². The van der Waals surface area contributed by atoms with Crippen LogP contribution in [0.15, 0.2) is 30.3 Å². The zero-order chi connectivity index (χ0) is 13.0. The molecular formula is C12H15N3O2S. The molecule has 0 aliphatic heterocycles. The van der Waals surface area contributed by atoms with Crippen molar-refractivity contribution in [1.29, 1.82) is 0 Å². The normalized spacial score (nSPS) is 15.6. The summed E-state index contributed by atoms with van der Waals surface area (Å²) in [5.74, 6) is 5.26. The van der Waals surface area contributed by atoms with Crippen molar-refractivity contribution in [1.82, 2.24) is 10.7 Å². The third-order valence-corrected chi connectivity index (χ3v) is 3.38. The first kappa shape index (κ1) is 12.8. The molecule has 0 atom stereocenters. The van der Waals surface area contributed by atoms with Gasteiger partial charge in [0.1, 0.15) is 11.6 Å². The number of benzene rings is 1. The predicted octanol–water partition coefficient (Wildman–Crippen LogP) is 1.24. The van der Waals surface area contributed by atoms with Crippen LogP contribution in [0.5, 0.6) is 0 Å². The Bertz CT molecular complexity index is 446. The lowest BCUT2D eigenvalue weighted by molar-refractivity contribution is 0.137. The minimum Gasteiger partial charge on any atom is -0.445 e. The van der Waals surface area contributed by atoms with Gasteiger partial charge in [-0.05, 0) is 18.4 Å². The molecule has 1 fully saturated rings. The molecule has 0 bridgehead atoms. The molecule has 0 unspecified atom stereocenters. The fraction of sp³-hybridized carbons (Fsp3) is 0.333. The van der Waals surface area contributed by atoms with Gasteiger partial charge >= 0.3 is 6.09 Å². The van der Waals surface area contributed by atoms with Crippen LogP contribution in [0.2, 0.25) is 0 Å². The van der Waals surface area contributed by atoms with Crippen LogP contribution in [0, 0.1) is 0 Å². The second-order valence-corrected chi connectivity index (χ2v) is 4.65. The van der Waals surface area contributed by atoms with Crippen molar-refractivity contribution in [3.8, 4) is 0 Å². The monoisotopic (exact) mass is 265 g/mol. The number of nitrogens with one attached hydrogen (secondary N) is 2. The largest absolute Gasteiger partial charge is 0.445 e. The van der Waals surface area contributed by atoms with E-state index in [1.54, 1.807) is 0 Å². The van der Waals surface area contributed by atoms with Gasteiger partial charge in [0.05, 0.1) is 5.54 Å². The Hall–Kier alpha value is -1.66. The van der Waals surface area contributed by atoms with Crippen molar-refractivity contribution < 1.29 is 9.53 Å². The maximum Gasteiger partial charge on any atom is 0.408 e. The van der Waals surface area contributed by atoms with Gasteiger partial charge in [-0.15, -0.1) is 0 Å². The quantitative estimate of drug-likeness (QED) is 0.434. The standard InChI is InChI=1S/C12H15N3O2S/c13-15-10(18)12(6-7-12)14-11(16)17-8-9-4-2-1-3-5-9/h1-5H,6-8,13H2,(H,14,16)(H,15,18). The van der Waals surface area contributed by atoms with Crippen molar-refractivity contribution in [2.24, 2.45) is 5.84 Å². The molecule has 1 amide bonds. The highest BCUT2D eigenvalue weighted by atomic mass is 32.1. The van der Waals surface area contributed by atoms with E-state index in [2.05, 4.69) is 10.7 Å². The lowest BCUT2D eigenvalue weighted by atomic mass is 10.2. The molecule has 5 nitrogen and oxygen atoms in total. The molecule has 1 aliphatic carbocycles. The lowest BCUT2D eigenvalue weighted by Crippen LogP contribution is -2.50. The molecule has 0 aromatic heterocycles. The lowest BCUT2D eigenvalue weighted by Gasteiger charge is -2.17. The molecule has 0 saturated heterocycles. The first-order valence-corrected chi connectivity index (χ1v) is 6.07. The van der Waals surface area contributed by atoms with Crippen molar-refractivity contribution in [2.75, 3.05) is 0 Å². The molecule has 18 heavy (non-hydrogen) atoms. The summed E-state index contributed by atoms with van der Waals surface area (Å²) in [4.78, 5) is 12.1. The van der Waals surface area contributed by atoms with Gasteiger partial charge in [0.15, 0.2) is 0 Å². The van der Waals surface area contributed by atoms with E-state index in [0.717, 1.165) is 18.4 Å². The minimum absolute atomic E-state index is 0.242. The number of ether oxygens (including phenoxy) is 1. The van der Waals surface area contributed by atoms with E-state index in [1.165, 1.54) is 0 Å².